The SMILES string of the molecule is COc1ccc2c(oc3ccccc32)c1CN(C)C. The Hall–Kier alpha value is -2.00. The summed E-state index contributed by atoms with van der Waals surface area (Å²) in [5.41, 5.74) is 2.95. The van der Waals surface area contributed by atoms with Crippen LogP contribution < -0.4 is 4.74 Å². The first-order valence-electron chi connectivity index (χ1n) is 6.32. The van der Waals surface area contributed by atoms with Crippen molar-refractivity contribution in [2.24, 2.45) is 0 Å². The number of furan rings is 1. The largest absolute Gasteiger partial charge is 0.496 e. The van der Waals surface area contributed by atoms with E-state index in [0.29, 0.717) is 0 Å². The molecule has 19 heavy (non-hydrogen) atoms. The summed E-state index contributed by atoms with van der Waals surface area (Å²) in [6, 6.07) is 12.2. The summed E-state index contributed by atoms with van der Waals surface area (Å²) in [5.74, 6) is 0.875. The Morgan fingerprint density at radius 3 is 2.58 bits per heavy atom. The first-order valence-corrected chi connectivity index (χ1v) is 6.32. The minimum absolute atomic E-state index is 0.792. The molecule has 0 saturated carbocycles. The smallest absolute Gasteiger partial charge is 0.143 e. The third-order valence-corrected chi connectivity index (χ3v) is 3.30. The molecule has 98 valence electrons. The number of hydrogen-bond donors (Lipinski definition) is 0. The maximum atomic E-state index is 6.02. The number of ether oxygens (including phenoxy) is 1. The van der Waals surface area contributed by atoms with E-state index in [4.69, 9.17) is 9.15 Å². The van der Waals surface area contributed by atoms with Gasteiger partial charge in [-0.05, 0) is 32.3 Å². The molecule has 3 heteroatoms. The average molecular weight is 255 g/mol. The second kappa shape index (κ2) is 4.59. The van der Waals surface area contributed by atoms with Gasteiger partial charge in [0.05, 0.1) is 12.7 Å². The van der Waals surface area contributed by atoms with Crippen molar-refractivity contribution in [3.63, 3.8) is 0 Å². The molecule has 0 N–H and O–H groups in total. The Morgan fingerprint density at radius 2 is 1.84 bits per heavy atom. The van der Waals surface area contributed by atoms with Gasteiger partial charge in [0.2, 0.25) is 0 Å². The monoisotopic (exact) mass is 255 g/mol. The maximum absolute atomic E-state index is 6.02. The lowest BCUT2D eigenvalue weighted by Crippen LogP contribution is -2.11. The molecule has 0 radical (unpaired) electrons. The molecule has 3 nitrogen and oxygen atoms in total. The highest BCUT2D eigenvalue weighted by atomic mass is 16.5. The quantitative estimate of drug-likeness (QED) is 0.714. The fourth-order valence-corrected chi connectivity index (χ4v) is 2.48. The second-order valence-electron chi connectivity index (χ2n) is 4.96. The predicted molar refractivity (Wildman–Crippen MR) is 77.7 cm³/mol. The predicted octanol–water partition coefficient (Wildman–Crippen LogP) is 3.66. The number of nitrogens with zero attached hydrogens (tertiary/aromatic N) is 1. The van der Waals surface area contributed by atoms with E-state index in [9.17, 15) is 0 Å². The molecule has 3 aromatic rings. The number of benzene rings is 2. The van der Waals surface area contributed by atoms with E-state index in [1.54, 1.807) is 7.11 Å². The third kappa shape index (κ3) is 1.96. The minimum atomic E-state index is 0.792. The van der Waals surface area contributed by atoms with E-state index in [0.717, 1.165) is 39.8 Å². The molecular weight excluding hydrogens is 238 g/mol. The van der Waals surface area contributed by atoms with Gasteiger partial charge in [0, 0.05) is 17.3 Å². The molecule has 0 amide bonds. The molecule has 0 aliphatic rings. The van der Waals surface area contributed by atoms with Gasteiger partial charge in [0.1, 0.15) is 16.9 Å². The molecule has 0 atom stereocenters. The van der Waals surface area contributed by atoms with E-state index in [1.807, 2.05) is 38.4 Å². The van der Waals surface area contributed by atoms with Crippen LogP contribution in [-0.2, 0) is 6.54 Å². The molecule has 0 bridgehead atoms. The standard InChI is InChI=1S/C16H17NO2/c1-17(2)10-13-14(18-3)9-8-12-11-6-4-5-7-15(11)19-16(12)13/h4-9H,10H2,1-3H3. The molecule has 0 aliphatic heterocycles. The molecule has 1 heterocycles. The Bertz CT molecular complexity index is 728. The lowest BCUT2D eigenvalue weighted by molar-refractivity contribution is 0.371. The molecule has 0 unspecified atom stereocenters. The van der Waals surface area contributed by atoms with Crippen LogP contribution in [0, 0.1) is 0 Å². The van der Waals surface area contributed by atoms with Gasteiger partial charge in [-0.3, -0.25) is 0 Å². The maximum Gasteiger partial charge on any atom is 0.143 e. The molecular formula is C16H17NO2. The van der Waals surface area contributed by atoms with Gasteiger partial charge in [-0.25, -0.2) is 0 Å². The fraction of sp³-hybridized carbons (Fsp3) is 0.250. The lowest BCUT2D eigenvalue weighted by atomic mass is 10.1. The van der Waals surface area contributed by atoms with Crippen LogP contribution in [0.25, 0.3) is 21.9 Å². The number of rotatable bonds is 3. The van der Waals surface area contributed by atoms with Gasteiger partial charge in [-0.1, -0.05) is 18.2 Å². The van der Waals surface area contributed by atoms with Crippen LogP contribution in [0.15, 0.2) is 40.8 Å². The van der Waals surface area contributed by atoms with Gasteiger partial charge < -0.3 is 14.1 Å². The van der Waals surface area contributed by atoms with Gasteiger partial charge in [0.15, 0.2) is 0 Å². The van der Waals surface area contributed by atoms with Gasteiger partial charge in [0.25, 0.3) is 0 Å². The van der Waals surface area contributed by atoms with Crippen LogP contribution in [0.3, 0.4) is 0 Å². The zero-order valence-corrected chi connectivity index (χ0v) is 11.4. The highest BCUT2D eigenvalue weighted by molar-refractivity contribution is 6.06. The summed E-state index contributed by atoms with van der Waals surface area (Å²) >= 11 is 0. The van der Waals surface area contributed by atoms with Gasteiger partial charge >= 0.3 is 0 Å². The molecule has 2 aromatic carbocycles. The van der Waals surface area contributed by atoms with Crippen molar-refractivity contribution in [1.82, 2.24) is 4.90 Å². The van der Waals surface area contributed by atoms with Crippen LogP contribution in [0.5, 0.6) is 5.75 Å². The summed E-state index contributed by atoms with van der Waals surface area (Å²) in [5, 5.41) is 2.30. The summed E-state index contributed by atoms with van der Waals surface area (Å²) < 4.78 is 11.5. The van der Waals surface area contributed by atoms with Crippen molar-refractivity contribution < 1.29 is 9.15 Å². The van der Waals surface area contributed by atoms with Crippen molar-refractivity contribution in [3.05, 3.63) is 42.0 Å². The molecule has 0 saturated heterocycles. The van der Waals surface area contributed by atoms with E-state index >= 15 is 0 Å². The topological polar surface area (TPSA) is 25.6 Å². The molecule has 0 aliphatic carbocycles. The first-order chi connectivity index (χ1) is 9.20. The summed E-state index contributed by atoms with van der Waals surface area (Å²) in [4.78, 5) is 2.12. The first kappa shape index (κ1) is 12.1. The van der Waals surface area contributed by atoms with Crippen LogP contribution in [0.4, 0.5) is 0 Å². The number of para-hydroxylation sites is 1. The average Bonchev–Trinajstić information content (AvgIpc) is 2.78. The molecule has 3 rings (SSSR count). The minimum Gasteiger partial charge on any atom is -0.496 e. The number of methoxy groups -OCH3 is 1. The number of hydrogen-bond acceptors (Lipinski definition) is 3. The van der Waals surface area contributed by atoms with Gasteiger partial charge in [-0.15, -0.1) is 0 Å². The van der Waals surface area contributed by atoms with E-state index in [1.165, 1.54) is 0 Å². The highest BCUT2D eigenvalue weighted by Crippen LogP contribution is 2.35. The van der Waals surface area contributed by atoms with Crippen LogP contribution >= 0.6 is 0 Å². The van der Waals surface area contributed by atoms with E-state index in [-0.39, 0.29) is 0 Å². The normalized spacial score (nSPS) is 11.6. The number of fused-ring (bicyclic) bond motifs is 3. The van der Waals surface area contributed by atoms with Gasteiger partial charge in [-0.2, -0.15) is 0 Å². The molecule has 0 fully saturated rings. The van der Waals surface area contributed by atoms with Crippen LogP contribution in [0.1, 0.15) is 5.56 Å². The third-order valence-electron chi connectivity index (χ3n) is 3.30. The second-order valence-corrected chi connectivity index (χ2v) is 4.96. The fourth-order valence-electron chi connectivity index (χ4n) is 2.48. The van der Waals surface area contributed by atoms with Crippen molar-refractivity contribution in [3.8, 4) is 5.75 Å². The van der Waals surface area contributed by atoms with Crippen LogP contribution in [0.2, 0.25) is 0 Å². The van der Waals surface area contributed by atoms with Crippen molar-refractivity contribution in [1.29, 1.82) is 0 Å². The van der Waals surface area contributed by atoms with Crippen molar-refractivity contribution in [2.75, 3.05) is 21.2 Å². The van der Waals surface area contributed by atoms with Crippen molar-refractivity contribution in [2.45, 2.75) is 6.54 Å². The Balaban J connectivity index is 2.35. The summed E-state index contributed by atoms with van der Waals surface area (Å²) in [6.45, 7) is 0.792. The Morgan fingerprint density at radius 1 is 1.05 bits per heavy atom. The van der Waals surface area contributed by atoms with E-state index in [2.05, 4.69) is 17.0 Å². The lowest BCUT2D eigenvalue weighted by Gasteiger charge is -2.13. The summed E-state index contributed by atoms with van der Waals surface area (Å²) in [6.07, 6.45) is 0. The summed E-state index contributed by atoms with van der Waals surface area (Å²) in [7, 11) is 5.78. The Labute approximate surface area is 112 Å². The zero-order chi connectivity index (χ0) is 13.4. The van der Waals surface area contributed by atoms with Crippen molar-refractivity contribution >= 4 is 21.9 Å². The zero-order valence-electron chi connectivity index (χ0n) is 11.4. The molecule has 1 aromatic heterocycles. The van der Waals surface area contributed by atoms with Crippen LogP contribution in [-0.4, -0.2) is 26.1 Å². The highest BCUT2D eigenvalue weighted by Gasteiger charge is 2.15. The Kier molecular flexibility index (Phi) is 2.91. The molecule has 0 spiro atoms. The van der Waals surface area contributed by atoms with E-state index < -0.39 is 0 Å².